The fourth-order valence-electron chi connectivity index (χ4n) is 3.90. The molecule has 33 heavy (non-hydrogen) atoms. The van der Waals surface area contributed by atoms with Gasteiger partial charge in [-0.15, -0.1) is 0 Å². The van der Waals surface area contributed by atoms with E-state index in [-0.39, 0.29) is 18.4 Å². The van der Waals surface area contributed by atoms with E-state index in [4.69, 9.17) is 16.3 Å². The molecule has 0 radical (unpaired) electrons. The van der Waals surface area contributed by atoms with Crippen LogP contribution in [0.5, 0.6) is 0 Å². The van der Waals surface area contributed by atoms with Gasteiger partial charge in [0.1, 0.15) is 0 Å². The Morgan fingerprint density at radius 3 is 2.70 bits per heavy atom. The molecule has 8 nitrogen and oxygen atoms in total. The van der Waals surface area contributed by atoms with Gasteiger partial charge in [0.2, 0.25) is 0 Å². The number of halogens is 1. The quantitative estimate of drug-likeness (QED) is 0.498. The number of H-pyrrole nitrogens is 1. The molecule has 1 fully saturated rings. The second-order valence-corrected chi connectivity index (χ2v) is 8.53. The number of hydrogen-bond donors (Lipinski definition) is 4. The summed E-state index contributed by atoms with van der Waals surface area (Å²) in [6.07, 6.45) is 3.04. The van der Waals surface area contributed by atoms with Crippen LogP contribution in [0.4, 0.5) is 5.69 Å². The van der Waals surface area contributed by atoms with Crippen LogP contribution >= 0.6 is 11.6 Å². The molecule has 0 saturated carbocycles. The molecule has 0 aliphatic carbocycles. The number of nitrogens with one attached hydrogen (secondary N) is 3. The Morgan fingerprint density at radius 2 is 2.06 bits per heavy atom. The molecule has 1 aromatic carbocycles. The predicted octanol–water partition coefficient (Wildman–Crippen LogP) is 2.75. The number of aryl methyl sites for hydroxylation is 2. The lowest BCUT2D eigenvalue weighted by Gasteiger charge is -2.28. The summed E-state index contributed by atoms with van der Waals surface area (Å²) in [7, 11) is 0. The van der Waals surface area contributed by atoms with Gasteiger partial charge in [0.05, 0.1) is 24.9 Å². The van der Waals surface area contributed by atoms with E-state index in [1.165, 1.54) is 0 Å². The molecule has 1 unspecified atom stereocenters. The monoisotopic (exact) mass is 474 g/mol. The number of aliphatic hydroxyl groups excluding tert-OH is 1. The van der Waals surface area contributed by atoms with Crippen LogP contribution in [0.3, 0.4) is 0 Å². The van der Waals surface area contributed by atoms with Gasteiger partial charge in [-0.05, 0) is 44.5 Å². The third-order valence-corrected chi connectivity index (χ3v) is 5.86. The minimum absolute atomic E-state index is 0.0558. The van der Waals surface area contributed by atoms with Crippen molar-refractivity contribution in [3.05, 3.63) is 57.9 Å². The van der Waals surface area contributed by atoms with E-state index in [0.29, 0.717) is 35.9 Å². The van der Waals surface area contributed by atoms with E-state index in [0.717, 1.165) is 35.6 Å². The number of amides is 2. The van der Waals surface area contributed by atoms with Crippen LogP contribution in [0.1, 0.15) is 34.1 Å². The number of carbonyl (C=O) groups excluding carboxylic acids is 2. The summed E-state index contributed by atoms with van der Waals surface area (Å²) in [4.78, 5) is 28.6. The predicted molar refractivity (Wildman–Crippen MR) is 130 cm³/mol. The summed E-state index contributed by atoms with van der Waals surface area (Å²) in [5.41, 5.74) is 4.86. The topological polar surface area (TPSA) is 107 Å². The molecule has 1 atom stereocenters. The van der Waals surface area contributed by atoms with Crippen LogP contribution in [0, 0.1) is 13.8 Å². The van der Waals surface area contributed by atoms with Gasteiger partial charge in [0, 0.05) is 59.9 Å². The molecule has 1 aromatic heterocycles. The van der Waals surface area contributed by atoms with E-state index in [9.17, 15) is 14.7 Å². The van der Waals surface area contributed by atoms with Crippen LogP contribution in [0.15, 0.2) is 30.5 Å². The van der Waals surface area contributed by atoms with Crippen molar-refractivity contribution in [3.8, 4) is 0 Å². The largest absolute Gasteiger partial charge is 0.390 e. The minimum Gasteiger partial charge on any atom is -0.390 e. The molecule has 3 heterocycles. The SMILES string of the molecule is C/C=C1\C(=O)Nc2ccc(Cl)cc21.Cc1c[nH]c(C)c1C(=O)NCC(O)CN1CCOCC1. The molecule has 4 N–H and O–H groups in total. The first-order valence-electron chi connectivity index (χ1n) is 11.0. The van der Waals surface area contributed by atoms with Crippen LogP contribution in [-0.4, -0.2) is 72.3 Å². The summed E-state index contributed by atoms with van der Waals surface area (Å²) in [6.45, 7) is 9.51. The Hall–Kier alpha value is -2.65. The first-order valence-corrected chi connectivity index (χ1v) is 11.4. The molecular weight excluding hydrogens is 444 g/mol. The maximum absolute atomic E-state index is 12.1. The molecule has 0 bridgehead atoms. The van der Waals surface area contributed by atoms with Crippen LogP contribution in [-0.2, 0) is 9.53 Å². The average Bonchev–Trinajstić information content (AvgIpc) is 3.30. The number of carbonyl (C=O) groups is 2. The number of anilines is 1. The maximum atomic E-state index is 12.1. The highest BCUT2D eigenvalue weighted by atomic mass is 35.5. The first-order chi connectivity index (χ1) is 15.8. The van der Waals surface area contributed by atoms with Crippen molar-refractivity contribution in [1.29, 1.82) is 0 Å². The molecule has 9 heteroatoms. The van der Waals surface area contributed by atoms with Crippen molar-refractivity contribution in [2.24, 2.45) is 0 Å². The number of aromatic nitrogens is 1. The highest BCUT2D eigenvalue weighted by Gasteiger charge is 2.23. The van der Waals surface area contributed by atoms with Gasteiger partial charge in [-0.2, -0.15) is 0 Å². The highest BCUT2D eigenvalue weighted by molar-refractivity contribution is 6.34. The second-order valence-electron chi connectivity index (χ2n) is 8.09. The molecule has 1 saturated heterocycles. The Labute approximate surface area is 199 Å². The van der Waals surface area contributed by atoms with Gasteiger partial charge < -0.3 is 25.5 Å². The van der Waals surface area contributed by atoms with Gasteiger partial charge in [-0.1, -0.05) is 17.7 Å². The molecule has 2 aliphatic heterocycles. The molecule has 4 rings (SSSR count). The smallest absolute Gasteiger partial charge is 0.256 e. The number of morpholine rings is 1. The zero-order chi connectivity index (χ0) is 24.0. The van der Waals surface area contributed by atoms with E-state index in [1.54, 1.807) is 18.2 Å². The summed E-state index contributed by atoms with van der Waals surface area (Å²) in [5.74, 6) is -0.193. The maximum Gasteiger partial charge on any atom is 0.256 e. The van der Waals surface area contributed by atoms with Gasteiger partial charge in [0.15, 0.2) is 0 Å². The standard InChI is InChI=1S/C14H23N3O3.C10H8ClNO/c1-10-7-15-11(2)13(10)14(19)16-8-12(18)9-17-3-5-20-6-4-17;1-2-7-8-5-6(11)3-4-9(8)12-10(7)13/h7,12,15,18H,3-6,8-9H2,1-2H3,(H,16,19);2-5H,1H3,(H,12,13)/b;7-2-. The Bertz CT molecular complexity index is 1010. The van der Waals surface area contributed by atoms with Crippen molar-refractivity contribution in [2.75, 3.05) is 44.7 Å². The number of fused-ring (bicyclic) bond motifs is 1. The Morgan fingerprint density at radius 1 is 1.33 bits per heavy atom. The Kier molecular flexibility index (Phi) is 8.68. The first kappa shape index (κ1) is 25.0. The van der Waals surface area contributed by atoms with Gasteiger partial charge in [-0.3, -0.25) is 14.5 Å². The summed E-state index contributed by atoms with van der Waals surface area (Å²) < 4.78 is 5.26. The van der Waals surface area contributed by atoms with Crippen LogP contribution in [0.25, 0.3) is 5.57 Å². The molecule has 2 aliphatic rings. The number of ether oxygens (including phenoxy) is 1. The number of rotatable bonds is 5. The third-order valence-electron chi connectivity index (χ3n) is 5.63. The molecule has 0 spiro atoms. The van der Waals surface area contributed by atoms with E-state index in [1.807, 2.05) is 33.0 Å². The normalized spacial score (nSPS) is 17.7. The Balaban J connectivity index is 0.000000203. The number of β-amino-alcohol motifs (C(OH)–C–C–N with tert-alkyl or cyclic N) is 1. The summed E-state index contributed by atoms with van der Waals surface area (Å²) in [6, 6.07) is 5.37. The molecule has 2 aromatic rings. The van der Waals surface area contributed by atoms with Crippen LogP contribution in [0.2, 0.25) is 5.02 Å². The second kappa shape index (κ2) is 11.5. The van der Waals surface area contributed by atoms with Gasteiger partial charge in [0.25, 0.3) is 11.8 Å². The fourth-order valence-corrected chi connectivity index (χ4v) is 4.07. The van der Waals surface area contributed by atoms with E-state index in [2.05, 4.69) is 20.5 Å². The number of benzene rings is 1. The van der Waals surface area contributed by atoms with E-state index < -0.39 is 6.10 Å². The van der Waals surface area contributed by atoms with Crippen LogP contribution < -0.4 is 10.6 Å². The van der Waals surface area contributed by atoms with Gasteiger partial charge >= 0.3 is 0 Å². The van der Waals surface area contributed by atoms with E-state index >= 15 is 0 Å². The van der Waals surface area contributed by atoms with Crippen molar-refractivity contribution < 1.29 is 19.4 Å². The number of allylic oxidation sites excluding steroid dienone is 1. The van der Waals surface area contributed by atoms with Crippen molar-refractivity contribution in [2.45, 2.75) is 26.9 Å². The van der Waals surface area contributed by atoms with Crippen molar-refractivity contribution in [3.63, 3.8) is 0 Å². The number of hydrogen-bond acceptors (Lipinski definition) is 5. The number of aromatic amines is 1. The van der Waals surface area contributed by atoms with Crippen molar-refractivity contribution >= 4 is 34.7 Å². The number of nitrogens with zero attached hydrogens (tertiary/aromatic N) is 1. The highest BCUT2D eigenvalue weighted by Crippen LogP contribution is 2.33. The summed E-state index contributed by atoms with van der Waals surface area (Å²) in [5, 5.41) is 16.2. The van der Waals surface area contributed by atoms with Crippen molar-refractivity contribution in [1.82, 2.24) is 15.2 Å². The number of aliphatic hydroxyl groups is 1. The average molecular weight is 475 g/mol. The minimum atomic E-state index is -0.559. The molecule has 2 amide bonds. The lowest BCUT2D eigenvalue weighted by molar-refractivity contribution is -0.110. The zero-order valence-corrected chi connectivity index (χ0v) is 20.0. The fraction of sp³-hybridized carbons (Fsp3) is 0.417. The van der Waals surface area contributed by atoms with Gasteiger partial charge in [-0.25, -0.2) is 0 Å². The molecule has 178 valence electrons. The lowest BCUT2D eigenvalue weighted by atomic mass is 10.1. The third kappa shape index (κ3) is 6.45. The zero-order valence-electron chi connectivity index (χ0n) is 19.2. The summed E-state index contributed by atoms with van der Waals surface area (Å²) >= 11 is 5.83. The molecular formula is C24H31ClN4O4. The lowest BCUT2D eigenvalue weighted by Crippen LogP contribution is -2.44.